The van der Waals surface area contributed by atoms with Crippen LogP contribution in [0.2, 0.25) is 0 Å². The SMILES string of the molecule is Cc1sc(Br)cc1C(F)(F)CCCCC(=O)O. The van der Waals surface area contributed by atoms with Crippen molar-refractivity contribution in [2.24, 2.45) is 0 Å². The molecule has 0 fully saturated rings. The number of halogens is 3. The van der Waals surface area contributed by atoms with Gasteiger partial charge >= 0.3 is 5.97 Å². The highest BCUT2D eigenvalue weighted by atomic mass is 79.9. The molecule has 96 valence electrons. The van der Waals surface area contributed by atoms with Crippen molar-refractivity contribution in [1.82, 2.24) is 0 Å². The molecule has 0 unspecified atom stereocenters. The van der Waals surface area contributed by atoms with Crippen LogP contribution in [0.5, 0.6) is 0 Å². The molecule has 6 heteroatoms. The third-order valence-corrected chi connectivity index (χ3v) is 3.97. The molecule has 0 aliphatic carbocycles. The van der Waals surface area contributed by atoms with Crippen LogP contribution in [-0.4, -0.2) is 11.1 Å². The van der Waals surface area contributed by atoms with E-state index >= 15 is 0 Å². The maximum Gasteiger partial charge on any atom is 0.303 e. The Morgan fingerprint density at radius 2 is 2.18 bits per heavy atom. The number of aryl methyl sites for hydroxylation is 1. The number of carbonyl (C=O) groups is 1. The number of carboxylic acids is 1. The molecule has 1 rings (SSSR count). The predicted octanol–water partition coefficient (Wildman–Crippen LogP) is 4.56. The molecule has 1 aromatic heterocycles. The number of aliphatic carboxylic acids is 1. The van der Waals surface area contributed by atoms with Crippen LogP contribution in [0.1, 0.15) is 36.1 Å². The minimum atomic E-state index is -2.87. The Balaban J connectivity index is 2.56. The average molecular weight is 327 g/mol. The Labute approximate surface area is 111 Å². The van der Waals surface area contributed by atoms with Crippen LogP contribution in [0, 0.1) is 6.92 Å². The molecule has 1 aromatic rings. The van der Waals surface area contributed by atoms with Gasteiger partial charge < -0.3 is 5.11 Å². The van der Waals surface area contributed by atoms with Gasteiger partial charge in [0.25, 0.3) is 5.92 Å². The number of hydrogen-bond donors (Lipinski definition) is 1. The number of carboxylic acid groups (broad SMARTS) is 1. The van der Waals surface area contributed by atoms with E-state index in [1.165, 1.54) is 17.4 Å². The Kier molecular flexibility index (Phi) is 5.06. The largest absolute Gasteiger partial charge is 0.481 e. The monoisotopic (exact) mass is 326 g/mol. The second kappa shape index (κ2) is 5.91. The molecule has 17 heavy (non-hydrogen) atoms. The van der Waals surface area contributed by atoms with Gasteiger partial charge in [0.15, 0.2) is 0 Å². The number of thiophene rings is 1. The highest BCUT2D eigenvalue weighted by molar-refractivity contribution is 9.11. The Morgan fingerprint density at radius 1 is 1.53 bits per heavy atom. The van der Waals surface area contributed by atoms with Gasteiger partial charge in [-0.2, -0.15) is 0 Å². The van der Waals surface area contributed by atoms with Crippen molar-refractivity contribution < 1.29 is 18.7 Å². The van der Waals surface area contributed by atoms with Gasteiger partial charge in [-0.3, -0.25) is 4.79 Å². The van der Waals surface area contributed by atoms with Crippen LogP contribution in [0.3, 0.4) is 0 Å². The van der Waals surface area contributed by atoms with Crippen LogP contribution in [-0.2, 0) is 10.7 Å². The van der Waals surface area contributed by atoms with Crippen molar-refractivity contribution in [3.8, 4) is 0 Å². The van der Waals surface area contributed by atoms with Crippen LogP contribution in [0.25, 0.3) is 0 Å². The molecule has 1 N–H and O–H groups in total. The van der Waals surface area contributed by atoms with Crippen molar-refractivity contribution in [2.45, 2.75) is 38.5 Å². The fourth-order valence-corrected chi connectivity index (χ4v) is 3.31. The maximum atomic E-state index is 13.8. The van der Waals surface area contributed by atoms with Crippen molar-refractivity contribution >= 4 is 33.2 Å². The first-order valence-corrected chi connectivity index (χ1v) is 6.80. The zero-order chi connectivity index (χ0) is 13.1. The first-order chi connectivity index (χ1) is 7.83. The third kappa shape index (κ3) is 4.35. The molecule has 0 aliphatic rings. The van der Waals surface area contributed by atoms with E-state index in [2.05, 4.69) is 15.9 Å². The van der Waals surface area contributed by atoms with E-state index in [4.69, 9.17) is 5.11 Å². The van der Waals surface area contributed by atoms with Gasteiger partial charge in [-0.1, -0.05) is 0 Å². The summed E-state index contributed by atoms with van der Waals surface area (Å²) in [5.41, 5.74) is 0.0460. The minimum absolute atomic E-state index is 0.0460. The molecule has 0 spiro atoms. The fourth-order valence-electron chi connectivity index (χ4n) is 1.57. The molecule has 2 nitrogen and oxygen atoms in total. The van der Waals surface area contributed by atoms with Gasteiger partial charge in [-0.15, -0.1) is 11.3 Å². The molecule has 0 aromatic carbocycles. The highest BCUT2D eigenvalue weighted by Crippen LogP contribution is 2.40. The molecule has 0 bridgehead atoms. The van der Waals surface area contributed by atoms with Gasteiger partial charge in [0.05, 0.1) is 3.79 Å². The van der Waals surface area contributed by atoms with Gasteiger partial charge in [-0.25, -0.2) is 8.78 Å². The molecule has 1 heterocycles. The molecule has 0 saturated carbocycles. The standard InChI is InChI=1S/C11H13BrF2O2S/c1-7-8(6-9(12)17-7)11(13,14)5-3-2-4-10(15)16/h6H,2-5H2,1H3,(H,15,16). The smallest absolute Gasteiger partial charge is 0.303 e. The summed E-state index contributed by atoms with van der Waals surface area (Å²) in [6, 6.07) is 1.44. The first kappa shape index (κ1) is 14.6. The minimum Gasteiger partial charge on any atom is -0.481 e. The van der Waals surface area contributed by atoms with Gasteiger partial charge in [0.1, 0.15) is 0 Å². The number of unbranched alkanes of at least 4 members (excludes halogenated alkanes) is 1. The topological polar surface area (TPSA) is 37.3 Å². The Bertz CT molecular complexity index is 404. The van der Waals surface area contributed by atoms with Crippen molar-refractivity contribution in [3.05, 3.63) is 20.3 Å². The van der Waals surface area contributed by atoms with E-state index in [0.717, 1.165) is 0 Å². The summed E-state index contributed by atoms with van der Waals surface area (Å²) < 4.78 is 28.3. The number of hydrogen-bond acceptors (Lipinski definition) is 2. The molecule has 0 aliphatic heterocycles. The lowest BCUT2D eigenvalue weighted by atomic mass is 10.0. The van der Waals surface area contributed by atoms with E-state index in [1.54, 1.807) is 6.92 Å². The fraction of sp³-hybridized carbons (Fsp3) is 0.545. The second-order valence-corrected chi connectivity index (χ2v) is 6.46. The van der Waals surface area contributed by atoms with E-state index in [1.807, 2.05) is 0 Å². The van der Waals surface area contributed by atoms with Gasteiger partial charge in [-0.05, 0) is 41.8 Å². The number of rotatable bonds is 6. The van der Waals surface area contributed by atoms with Crippen molar-refractivity contribution in [1.29, 1.82) is 0 Å². The number of alkyl halides is 2. The molecule has 0 amide bonds. The summed E-state index contributed by atoms with van der Waals surface area (Å²) in [6.07, 6.45) is 0.147. The van der Waals surface area contributed by atoms with Crippen LogP contribution in [0.4, 0.5) is 8.78 Å². The molecule has 0 atom stereocenters. The predicted molar refractivity (Wildman–Crippen MR) is 66.8 cm³/mol. The highest BCUT2D eigenvalue weighted by Gasteiger charge is 2.33. The normalized spacial score (nSPS) is 11.8. The summed E-state index contributed by atoms with van der Waals surface area (Å²) in [5, 5.41) is 8.42. The van der Waals surface area contributed by atoms with Crippen molar-refractivity contribution in [3.63, 3.8) is 0 Å². The lowest BCUT2D eigenvalue weighted by molar-refractivity contribution is -0.137. The van der Waals surface area contributed by atoms with E-state index in [-0.39, 0.29) is 31.2 Å². The molecular weight excluding hydrogens is 314 g/mol. The summed E-state index contributed by atoms with van der Waals surface area (Å²) >= 11 is 4.47. The Hall–Kier alpha value is -0.490. The zero-order valence-electron chi connectivity index (χ0n) is 9.30. The van der Waals surface area contributed by atoms with Crippen LogP contribution < -0.4 is 0 Å². The first-order valence-electron chi connectivity index (χ1n) is 5.19. The Morgan fingerprint density at radius 3 is 2.65 bits per heavy atom. The van der Waals surface area contributed by atoms with E-state index < -0.39 is 11.9 Å². The van der Waals surface area contributed by atoms with Crippen LogP contribution in [0.15, 0.2) is 9.85 Å². The molecule has 0 saturated heterocycles. The van der Waals surface area contributed by atoms with E-state index in [9.17, 15) is 13.6 Å². The van der Waals surface area contributed by atoms with Crippen molar-refractivity contribution in [2.75, 3.05) is 0 Å². The van der Waals surface area contributed by atoms with Crippen LogP contribution >= 0.6 is 27.3 Å². The lowest BCUT2D eigenvalue weighted by Gasteiger charge is -2.15. The average Bonchev–Trinajstić information content (AvgIpc) is 2.53. The lowest BCUT2D eigenvalue weighted by Crippen LogP contribution is -2.13. The van der Waals surface area contributed by atoms with Gasteiger partial charge in [0.2, 0.25) is 0 Å². The maximum absolute atomic E-state index is 13.8. The third-order valence-electron chi connectivity index (χ3n) is 2.41. The second-order valence-electron chi connectivity index (χ2n) is 3.83. The quantitative estimate of drug-likeness (QED) is 0.778. The summed E-state index contributed by atoms with van der Waals surface area (Å²) in [6.45, 7) is 1.66. The zero-order valence-corrected chi connectivity index (χ0v) is 11.7. The molecular formula is C11H13BrF2O2S. The molecule has 0 radical (unpaired) electrons. The van der Waals surface area contributed by atoms with E-state index in [0.29, 0.717) is 8.66 Å². The van der Waals surface area contributed by atoms with Gasteiger partial charge in [0, 0.05) is 23.3 Å². The summed E-state index contributed by atoms with van der Waals surface area (Å²) in [7, 11) is 0. The summed E-state index contributed by atoms with van der Waals surface area (Å²) in [4.78, 5) is 10.9. The summed E-state index contributed by atoms with van der Waals surface area (Å²) in [5.74, 6) is -3.81.